The molecule has 0 bridgehead atoms. The zero-order valence-electron chi connectivity index (χ0n) is 6.99. The van der Waals surface area contributed by atoms with Gasteiger partial charge in [0, 0.05) is 18.0 Å². The normalized spacial score (nSPS) is 12.2. The molecular weight excluding hydrogens is 173 g/mol. The van der Waals surface area contributed by atoms with Gasteiger partial charge in [-0.25, -0.2) is 4.79 Å². The highest BCUT2D eigenvalue weighted by Crippen LogP contribution is 2.17. The van der Waals surface area contributed by atoms with Crippen LogP contribution in [0.1, 0.15) is 12.5 Å². The number of aliphatic carboxylic acids is 1. The summed E-state index contributed by atoms with van der Waals surface area (Å²) >= 11 is 0. The number of rotatable bonds is 2. The summed E-state index contributed by atoms with van der Waals surface area (Å²) in [5.41, 5.74) is 0.558. The summed E-state index contributed by atoms with van der Waals surface area (Å²) in [6, 6.07) is 3.22. The number of allylic oxidation sites excluding steroid dienone is 1. The Morgan fingerprint density at radius 2 is 2.31 bits per heavy atom. The Morgan fingerprint density at radius 3 is 2.77 bits per heavy atom. The molecule has 0 aromatic carbocycles. The van der Waals surface area contributed by atoms with Crippen LogP contribution in [-0.4, -0.2) is 16.1 Å². The fourth-order valence-electron chi connectivity index (χ4n) is 0.872. The molecule has 0 saturated carbocycles. The number of pyridine rings is 1. The number of hydrogen-bond donors (Lipinski definition) is 1. The highest BCUT2D eigenvalue weighted by atomic mass is 19.1. The second-order valence-electron chi connectivity index (χ2n) is 2.49. The average molecular weight is 181 g/mol. The molecule has 0 saturated heterocycles. The molecular formula is C9H8FNO2. The van der Waals surface area contributed by atoms with Gasteiger partial charge in [-0.3, -0.25) is 4.98 Å². The van der Waals surface area contributed by atoms with Gasteiger partial charge >= 0.3 is 5.97 Å². The molecule has 13 heavy (non-hydrogen) atoms. The maximum Gasteiger partial charge on any atom is 0.365 e. The first-order valence-corrected chi connectivity index (χ1v) is 3.63. The van der Waals surface area contributed by atoms with Crippen LogP contribution in [0.25, 0.3) is 5.57 Å². The molecule has 1 rings (SSSR count). The standard InChI is InChI=1S/C9H8FNO2/c1-6(8(10)9(12)13)7-3-2-4-11-5-7/h2-5H,1H3,(H,12,13). The Kier molecular flexibility index (Phi) is 2.74. The summed E-state index contributed by atoms with van der Waals surface area (Å²) in [5, 5.41) is 8.36. The van der Waals surface area contributed by atoms with Gasteiger partial charge in [0.25, 0.3) is 0 Å². The van der Waals surface area contributed by atoms with Crippen LogP contribution in [0.5, 0.6) is 0 Å². The monoisotopic (exact) mass is 181 g/mol. The van der Waals surface area contributed by atoms with Gasteiger partial charge in [-0.2, -0.15) is 4.39 Å². The van der Waals surface area contributed by atoms with Crippen LogP contribution >= 0.6 is 0 Å². The summed E-state index contributed by atoms with van der Waals surface area (Å²) in [6.07, 6.45) is 2.95. The van der Waals surface area contributed by atoms with E-state index in [0.717, 1.165) is 0 Å². The quantitative estimate of drug-likeness (QED) is 0.708. The lowest BCUT2D eigenvalue weighted by molar-refractivity contribution is -0.134. The highest BCUT2D eigenvalue weighted by Gasteiger charge is 2.11. The lowest BCUT2D eigenvalue weighted by Gasteiger charge is -1.99. The third kappa shape index (κ3) is 2.11. The van der Waals surface area contributed by atoms with Crippen molar-refractivity contribution in [3.8, 4) is 0 Å². The van der Waals surface area contributed by atoms with Crippen molar-refractivity contribution in [3.05, 3.63) is 35.9 Å². The highest BCUT2D eigenvalue weighted by molar-refractivity contribution is 5.93. The molecule has 1 aromatic heterocycles. The van der Waals surface area contributed by atoms with Crippen LogP contribution in [0.3, 0.4) is 0 Å². The van der Waals surface area contributed by atoms with Gasteiger partial charge in [-0.1, -0.05) is 6.07 Å². The molecule has 0 radical (unpaired) electrons. The minimum atomic E-state index is -1.55. The third-order valence-electron chi connectivity index (χ3n) is 1.61. The molecule has 0 aliphatic heterocycles. The number of halogens is 1. The number of aromatic nitrogens is 1. The fraction of sp³-hybridized carbons (Fsp3) is 0.111. The Morgan fingerprint density at radius 1 is 1.62 bits per heavy atom. The summed E-state index contributed by atoms with van der Waals surface area (Å²) in [5.74, 6) is -2.70. The van der Waals surface area contributed by atoms with Crippen molar-refractivity contribution in [2.75, 3.05) is 0 Å². The van der Waals surface area contributed by atoms with E-state index in [-0.39, 0.29) is 5.57 Å². The maximum atomic E-state index is 12.9. The number of nitrogens with zero attached hydrogens (tertiary/aromatic N) is 1. The summed E-state index contributed by atoms with van der Waals surface area (Å²) in [4.78, 5) is 14.0. The second-order valence-corrected chi connectivity index (χ2v) is 2.49. The molecule has 0 aliphatic carbocycles. The Labute approximate surface area is 74.5 Å². The topological polar surface area (TPSA) is 50.2 Å². The Hall–Kier alpha value is -1.71. The lowest BCUT2D eigenvalue weighted by atomic mass is 10.1. The first-order chi connectivity index (χ1) is 6.13. The van der Waals surface area contributed by atoms with E-state index in [1.807, 2.05) is 0 Å². The summed E-state index contributed by atoms with van der Waals surface area (Å²) in [6.45, 7) is 1.40. The van der Waals surface area contributed by atoms with Gasteiger partial charge in [0.2, 0.25) is 5.83 Å². The van der Waals surface area contributed by atoms with Crippen molar-refractivity contribution < 1.29 is 14.3 Å². The van der Waals surface area contributed by atoms with Gasteiger partial charge in [0.05, 0.1) is 0 Å². The van der Waals surface area contributed by atoms with E-state index >= 15 is 0 Å². The Bertz CT molecular complexity index is 346. The Balaban J connectivity index is 3.11. The molecule has 3 nitrogen and oxygen atoms in total. The molecule has 0 atom stereocenters. The van der Waals surface area contributed by atoms with E-state index in [0.29, 0.717) is 5.56 Å². The number of carbonyl (C=O) groups is 1. The van der Waals surface area contributed by atoms with Crippen LogP contribution in [0, 0.1) is 0 Å². The average Bonchev–Trinajstić information content (AvgIpc) is 2.17. The largest absolute Gasteiger partial charge is 0.476 e. The van der Waals surface area contributed by atoms with E-state index in [9.17, 15) is 9.18 Å². The van der Waals surface area contributed by atoms with Gasteiger partial charge < -0.3 is 5.11 Å². The fourth-order valence-corrected chi connectivity index (χ4v) is 0.872. The van der Waals surface area contributed by atoms with Crippen molar-refractivity contribution in [2.45, 2.75) is 6.92 Å². The first-order valence-electron chi connectivity index (χ1n) is 3.63. The van der Waals surface area contributed by atoms with Crippen LogP contribution in [-0.2, 0) is 4.79 Å². The van der Waals surface area contributed by atoms with Crippen molar-refractivity contribution in [2.24, 2.45) is 0 Å². The van der Waals surface area contributed by atoms with Gasteiger partial charge in [-0.15, -0.1) is 0 Å². The van der Waals surface area contributed by atoms with Crippen LogP contribution in [0.2, 0.25) is 0 Å². The molecule has 0 amide bonds. The van der Waals surface area contributed by atoms with Gasteiger partial charge in [0.1, 0.15) is 0 Å². The predicted octanol–water partition coefficient (Wildman–Crippen LogP) is 1.87. The second kappa shape index (κ2) is 3.80. The molecule has 1 aromatic rings. The SMILES string of the molecule is CC(=C(F)C(=O)O)c1cccnc1. The molecule has 1 heterocycles. The van der Waals surface area contributed by atoms with Crippen molar-refractivity contribution in [1.82, 2.24) is 4.98 Å². The van der Waals surface area contributed by atoms with Crippen molar-refractivity contribution in [1.29, 1.82) is 0 Å². The first kappa shape index (κ1) is 9.38. The predicted molar refractivity (Wildman–Crippen MR) is 45.6 cm³/mol. The lowest BCUT2D eigenvalue weighted by Crippen LogP contribution is -1.97. The van der Waals surface area contributed by atoms with E-state index in [4.69, 9.17) is 5.11 Å². The van der Waals surface area contributed by atoms with E-state index in [1.165, 1.54) is 19.3 Å². The molecule has 0 fully saturated rings. The van der Waals surface area contributed by atoms with E-state index < -0.39 is 11.8 Å². The van der Waals surface area contributed by atoms with Crippen LogP contribution in [0.15, 0.2) is 30.4 Å². The molecule has 4 heteroatoms. The maximum absolute atomic E-state index is 12.9. The minimum Gasteiger partial charge on any atom is -0.476 e. The minimum absolute atomic E-state index is 0.0839. The van der Waals surface area contributed by atoms with Crippen LogP contribution in [0.4, 0.5) is 4.39 Å². The van der Waals surface area contributed by atoms with Crippen molar-refractivity contribution >= 4 is 11.5 Å². The molecule has 68 valence electrons. The summed E-state index contributed by atoms with van der Waals surface area (Å²) < 4.78 is 12.9. The molecule has 0 spiro atoms. The molecule has 0 unspecified atom stereocenters. The van der Waals surface area contributed by atoms with Gasteiger partial charge in [0.15, 0.2) is 0 Å². The van der Waals surface area contributed by atoms with Gasteiger partial charge in [-0.05, 0) is 18.6 Å². The zero-order chi connectivity index (χ0) is 9.84. The van der Waals surface area contributed by atoms with Crippen LogP contribution < -0.4 is 0 Å². The number of carboxylic acid groups (broad SMARTS) is 1. The third-order valence-corrected chi connectivity index (χ3v) is 1.61. The van der Waals surface area contributed by atoms with E-state index in [2.05, 4.69) is 4.98 Å². The van der Waals surface area contributed by atoms with E-state index in [1.54, 1.807) is 12.1 Å². The smallest absolute Gasteiger partial charge is 0.365 e. The molecule has 1 N–H and O–H groups in total. The number of hydrogen-bond acceptors (Lipinski definition) is 2. The zero-order valence-corrected chi connectivity index (χ0v) is 6.99. The van der Waals surface area contributed by atoms with Crippen molar-refractivity contribution in [3.63, 3.8) is 0 Å². The molecule has 0 aliphatic rings. The number of carboxylic acids is 1. The summed E-state index contributed by atoms with van der Waals surface area (Å²) in [7, 11) is 0.